The molecule has 0 aliphatic heterocycles. The molecule has 154 valence electrons. The summed E-state index contributed by atoms with van der Waals surface area (Å²) in [5.74, 6) is 2.23. The molecule has 0 saturated heterocycles. The van der Waals surface area contributed by atoms with E-state index < -0.39 is 0 Å². The molecule has 6 nitrogen and oxygen atoms in total. The summed E-state index contributed by atoms with van der Waals surface area (Å²) in [6.07, 6.45) is 1.82. The van der Waals surface area contributed by atoms with Crippen molar-refractivity contribution in [3.63, 3.8) is 0 Å². The van der Waals surface area contributed by atoms with Crippen LogP contribution in [0.4, 0.5) is 0 Å². The summed E-state index contributed by atoms with van der Waals surface area (Å²) >= 11 is 0. The molecule has 0 saturated carbocycles. The standard InChI is InChI=1S/C25H21N3O3/c1-29-19-13-11-18(12-14-19)28-25(31-16-15-30-20-7-3-2-4-8-20)22-17-26-23-10-6-5-9-21(23)24(22)27-28/h2-14,17H,15-16H2,1H3. The van der Waals surface area contributed by atoms with Crippen molar-refractivity contribution >= 4 is 21.8 Å². The summed E-state index contributed by atoms with van der Waals surface area (Å²) in [4.78, 5) is 4.60. The smallest absolute Gasteiger partial charge is 0.226 e. The number of nitrogens with zero attached hydrogens (tertiary/aromatic N) is 3. The van der Waals surface area contributed by atoms with Gasteiger partial charge >= 0.3 is 0 Å². The normalized spacial score (nSPS) is 11.0. The van der Waals surface area contributed by atoms with E-state index in [1.165, 1.54) is 0 Å². The van der Waals surface area contributed by atoms with Gasteiger partial charge in [-0.2, -0.15) is 9.78 Å². The molecule has 6 heteroatoms. The minimum absolute atomic E-state index is 0.374. The van der Waals surface area contributed by atoms with Gasteiger partial charge in [-0.3, -0.25) is 4.98 Å². The van der Waals surface area contributed by atoms with Gasteiger partial charge in [0.1, 0.15) is 30.2 Å². The van der Waals surface area contributed by atoms with Crippen LogP contribution in [0.1, 0.15) is 0 Å². The van der Waals surface area contributed by atoms with Crippen LogP contribution < -0.4 is 14.2 Å². The topological polar surface area (TPSA) is 58.4 Å². The molecule has 31 heavy (non-hydrogen) atoms. The fourth-order valence-electron chi connectivity index (χ4n) is 3.50. The lowest BCUT2D eigenvalue weighted by Crippen LogP contribution is -2.11. The van der Waals surface area contributed by atoms with Gasteiger partial charge in [0.2, 0.25) is 5.88 Å². The van der Waals surface area contributed by atoms with Gasteiger partial charge in [-0.25, -0.2) is 0 Å². The van der Waals surface area contributed by atoms with Gasteiger partial charge in [0.15, 0.2) is 0 Å². The van der Waals surface area contributed by atoms with Crippen molar-refractivity contribution in [3.8, 4) is 23.1 Å². The Kier molecular flexibility index (Phi) is 5.10. The maximum Gasteiger partial charge on any atom is 0.226 e. The number of para-hydroxylation sites is 2. The Morgan fingerprint density at radius 2 is 1.48 bits per heavy atom. The van der Waals surface area contributed by atoms with E-state index >= 15 is 0 Å². The summed E-state index contributed by atoms with van der Waals surface area (Å²) in [7, 11) is 1.65. The lowest BCUT2D eigenvalue weighted by molar-refractivity contribution is 0.210. The van der Waals surface area contributed by atoms with Crippen molar-refractivity contribution in [2.75, 3.05) is 20.3 Å². The highest BCUT2D eigenvalue weighted by Crippen LogP contribution is 2.32. The Morgan fingerprint density at radius 1 is 0.742 bits per heavy atom. The van der Waals surface area contributed by atoms with Gasteiger partial charge in [0.05, 0.1) is 23.7 Å². The number of pyridine rings is 1. The van der Waals surface area contributed by atoms with Crippen LogP contribution in [0.25, 0.3) is 27.5 Å². The van der Waals surface area contributed by atoms with E-state index in [9.17, 15) is 0 Å². The van der Waals surface area contributed by atoms with Crippen molar-refractivity contribution in [1.29, 1.82) is 0 Å². The second-order valence-corrected chi connectivity index (χ2v) is 6.96. The number of hydrogen-bond donors (Lipinski definition) is 0. The van der Waals surface area contributed by atoms with Crippen LogP contribution in [0.3, 0.4) is 0 Å². The molecule has 3 aromatic carbocycles. The third kappa shape index (κ3) is 3.75. The largest absolute Gasteiger partial charge is 0.497 e. The number of ether oxygens (including phenoxy) is 3. The SMILES string of the molecule is COc1ccc(-n2nc3c(cnc4ccccc43)c2OCCOc2ccccc2)cc1. The summed E-state index contributed by atoms with van der Waals surface area (Å²) in [5, 5.41) is 6.71. The second kappa shape index (κ2) is 8.36. The molecule has 0 N–H and O–H groups in total. The Bertz CT molecular complexity index is 1310. The fraction of sp³-hybridized carbons (Fsp3) is 0.120. The Labute approximate surface area is 179 Å². The molecule has 0 radical (unpaired) electrons. The summed E-state index contributed by atoms with van der Waals surface area (Å²) in [6.45, 7) is 0.791. The summed E-state index contributed by atoms with van der Waals surface area (Å²) < 4.78 is 19.0. The first-order valence-electron chi connectivity index (χ1n) is 10.0. The number of benzene rings is 3. The van der Waals surface area contributed by atoms with Crippen LogP contribution in [-0.2, 0) is 0 Å². The van der Waals surface area contributed by atoms with Crippen LogP contribution in [0.5, 0.6) is 17.4 Å². The molecule has 0 amide bonds. The number of fused-ring (bicyclic) bond motifs is 3. The number of hydrogen-bond acceptors (Lipinski definition) is 5. The summed E-state index contributed by atoms with van der Waals surface area (Å²) in [6, 6.07) is 25.4. The van der Waals surface area contributed by atoms with Crippen molar-refractivity contribution in [2.45, 2.75) is 0 Å². The first kappa shape index (κ1) is 18.9. The van der Waals surface area contributed by atoms with E-state index in [0.717, 1.165) is 39.0 Å². The molecular formula is C25H21N3O3. The predicted molar refractivity (Wildman–Crippen MR) is 120 cm³/mol. The van der Waals surface area contributed by atoms with E-state index in [4.69, 9.17) is 19.3 Å². The maximum absolute atomic E-state index is 6.18. The lowest BCUT2D eigenvalue weighted by atomic mass is 10.2. The van der Waals surface area contributed by atoms with Gasteiger partial charge < -0.3 is 14.2 Å². The fourth-order valence-corrected chi connectivity index (χ4v) is 3.50. The van der Waals surface area contributed by atoms with Crippen LogP contribution in [0.15, 0.2) is 85.1 Å². The molecule has 2 aromatic heterocycles. The molecular weight excluding hydrogens is 390 g/mol. The molecule has 0 spiro atoms. The minimum Gasteiger partial charge on any atom is -0.497 e. The third-order valence-corrected chi connectivity index (χ3v) is 5.02. The van der Waals surface area contributed by atoms with Gasteiger partial charge in [-0.05, 0) is 42.5 Å². The van der Waals surface area contributed by atoms with Crippen molar-refractivity contribution in [3.05, 3.63) is 85.1 Å². The third-order valence-electron chi connectivity index (χ3n) is 5.02. The predicted octanol–water partition coefficient (Wildman–Crippen LogP) is 5.04. The average molecular weight is 411 g/mol. The van der Waals surface area contributed by atoms with Gasteiger partial charge in [0.25, 0.3) is 0 Å². The zero-order valence-electron chi connectivity index (χ0n) is 17.1. The molecule has 0 unspecified atom stereocenters. The van der Waals surface area contributed by atoms with E-state index in [-0.39, 0.29) is 0 Å². The minimum atomic E-state index is 0.374. The number of methoxy groups -OCH3 is 1. The molecule has 0 bridgehead atoms. The monoisotopic (exact) mass is 411 g/mol. The van der Waals surface area contributed by atoms with E-state index in [1.807, 2.05) is 85.1 Å². The first-order chi connectivity index (χ1) is 15.3. The lowest BCUT2D eigenvalue weighted by Gasteiger charge is -2.11. The van der Waals surface area contributed by atoms with Crippen LogP contribution in [-0.4, -0.2) is 35.1 Å². The van der Waals surface area contributed by atoms with E-state index in [0.29, 0.717) is 19.1 Å². The maximum atomic E-state index is 6.18. The highest BCUT2D eigenvalue weighted by Gasteiger charge is 2.17. The highest BCUT2D eigenvalue weighted by atomic mass is 16.5. The zero-order chi connectivity index (χ0) is 21.0. The van der Waals surface area contributed by atoms with Gasteiger partial charge in [-0.15, -0.1) is 0 Å². The molecule has 0 atom stereocenters. The first-order valence-corrected chi connectivity index (χ1v) is 10.0. The van der Waals surface area contributed by atoms with E-state index in [2.05, 4.69) is 4.98 Å². The number of rotatable bonds is 7. The van der Waals surface area contributed by atoms with Crippen molar-refractivity contribution < 1.29 is 14.2 Å². The molecule has 5 rings (SSSR count). The average Bonchev–Trinajstić information content (AvgIpc) is 3.21. The molecule has 0 aliphatic carbocycles. The van der Waals surface area contributed by atoms with Crippen molar-refractivity contribution in [2.24, 2.45) is 0 Å². The Morgan fingerprint density at radius 3 is 2.29 bits per heavy atom. The zero-order valence-corrected chi connectivity index (χ0v) is 17.1. The molecule has 0 fully saturated rings. The molecule has 2 heterocycles. The Balaban J connectivity index is 1.51. The number of aromatic nitrogens is 3. The molecule has 5 aromatic rings. The quantitative estimate of drug-likeness (QED) is 0.351. The van der Waals surface area contributed by atoms with E-state index in [1.54, 1.807) is 11.8 Å². The summed E-state index contributed by atoms with van der Waals surface area (Å²) in [5.41, 5.74) is 2.62. The molecule has 0 aliphatic rings. The second-order valence-electron chi connectivity index (χ2n) is 6.96. The van der Waals surface area contributed by atoms with Gasteiger partial charge in [0, 0.05) is 11.6 Å². The van der Waals surface area contributed by atoms with Crippen molar-refractivity contribution in [1.82, 2.24) is 14.8 Å². The van der Waals surface area contributed by atoms with Gasteiger partial charge in [-0.1, -0.05) is 36.4 Å². The Hall–Kier alpha value is -4.06. The van der Waals surface area contributed by atoms with Crippen LogP contribution in [0, 0.1) is 0 Å². The highest BCUT2D eigenvalue weighted by molar-refractivity contribution is 6.05. The van der Waals surface area contributed by atoms with Crippen LogP contribution in [0.2, 0.25) is 0 Å². The van der Waals surface area contributed by atoms with Crippen LogP contribution >= 0.6 is 0 Å².